The van der Waals surface area contributed by atoms with E-state index in [0.29, 0.717) is 29.2 Å². The molecule has 9 nitrogen and oxygen atoms in total. The minimum absolute atomic E-state index is 0.130. The van der Waals surface area contributed by atoms with Crippen molar-refractivity contribution >= 4 is 33.0 Å². The molecular formula is C24H23N3O6S. The van der Waals surface area contributed by atoms with E-state index < -0.39 is 20.9 Å². The molecule has 0 aromatic heterocycles. The number of carbonyl (C=O) groups excluding carboxylic acids is 1. The number of non-ortho nitro benzene ring substituents is 1. The first kappa shape index (κ1) is 23.2. The van der Waals surface area contributed by atoms with Gasteiger partial charge in [-0.1, -0.05) is 24.3 Å². The Hall–Kier alpha value is -3.92. The molecule has 0 spiro atoms. The molecule has 0 bridgehead atoms. The van der Waals surface area contributed by atoms with Crippen molar-refractivity contribution in [2.75, 3.05) is 22.8 Å². The van der Waals surface area contributed by atoms with Gasteiger partial charge in [-0.25, -0.2) is 8.42 Å². The highest BCUT2D eigenvalue weighted by molar-refractivity contribution is 7.92. The number of rotatable bonds is 7. The minimum Gasteiger partial charge on any atom is -0.484 e. The van der Waals surface area contributed by atoms with Crippen LogP contribution in [0.1, 0.15) is 17.5 Å². The van der Waals surface area contributed by atoms with E-state index in [1.165, 1.54) is 40.7 Å². The Morgan fingerprint density at radius 2 is 1.85 bits per heavy atom. The molecule has 0 saturated carbocycles. The van der Waals surface area contributed by atoms with Gasteiger partial charge in [0, 0.05) is 18.7 Å². The quantitative estimate of drug-likeness (QED) is 0.401. The highest BCUT2D eigenvalue weighted by Crippen LogP contribution is 2.32. The summed E-state index contributed by atoms with van der Waals surface area (Å²) in [6.45, 7) is 1.79. The Labute approximate surface area is 197 Å². The zero-order valence-electron chi connectivity index (χ0n) is 18.4. The van der Waals surface area contributed by atoms with Crippen LogP contribution in [0.3, 0.4) is 0 Å². The lowest BCUT2D eigenvalue weighted by Crippen LogP contribution is -2.35. The second-order valence-electron chi connectivity index (χ2n) is 7.87. The van der Waals surface area contributed by atoms with Gasteiger partial charge in [0.25, 0.3) is 21.6 Å². The average Bonchev–Trinajstić information content (AvgIpc) is 2.84. The van der Waals surface area contributed by atoms with Crippen LogP contribution in [0.4, 0.5) is 17.1 Å². The standard InChI is InChI=1S/C24H23N3O6S/c1-17-8-9-19(27(29)30)15-22(17)25-24(28)16-33-20-10-12-21(13-11-20)34(31,32)26-14-4-6-18-5-2-3-7-23(18)26/h2-3,5,7-13,15H,4,6,14,16H2,1H3,(H,25,28). The predicted octanol–water partition coefficient (Wildman–Crippen LogP) is 4.06. The third kappa shape index (κ3) is 4.86. The lowest BCUT2D eigenvalue weighted by Gasteiger charge is -2.30. The Bertz CT molecular complexity index is 1340. The topological polar surface area (TPSA) is 119 Å². The van der Waals surface area contributed by atoms with Crippen LogP contribution in [0.2, 0.25) is 0 Å². The molecule has 0 unspecified atom stereocenters. The molecule has 0 aliphatic carbocycles. The van der Waals surface area contributed by atoms with Crippen LogP contribution in [-0.4, -0.2) is 32.4 Å². The number of nitrogens with zero attached hydrogens (tertiary/aromatic N) is 2. The summed E-state index contributed by atoms with van der Waals surface area (Å²) < 4.78 is 33.3. The fourth-order valence-electron chi connectivity index (χ4n) is 3.78. The molecule has 1 amide bonds. The number of benzene rings is 3. The third-order valence-corrected chi connectivity index (χ3v) is 7.38. The number of nitrogens with one attached hydrogen (secondary N) is 1. The first-order chi connectivity index (χ1) is 16.3. The number of anilines is 2. The zero-order valence-corrected chi connectivity index (χ0v) is 19.2. The van der Waals surface area contributed by atoms with Crippen molar-refractivity contribution in [2.24, 2.45) is 0 Å². The second kappa shape index (κ2) is 9.52. The van der Waals surface area contributed by atoms with Crippen molar-refractivity contribution in [2.45, 2.75) is 24.7 Å². The maximum Gasteiger partial charge on any atom is 0.271 e. The minimum atomic E-state index is -3.74. The molecular weight excluding hydrogens is 458 g/mol. The maximum atomic E-state index is 13.2. The number of ether oxygens (including phenoxy) is 1. The van der Waals surface area contributed by atoms with Gasteiger partial charge in [0.1, 0.15) is 5.75 Å². The Balaban J connectivity index is 1.41. The molecule has 1 aliphatic heterocycles. The molecule has 10 heteroatoms. The van der Waals surface area contributed by atoms with Gasteiger partial charge in [0.2, 0.25) is 0 Å². The van der Waals surface area contributed by atoms with Crippen LogP contribution in [0.25, 0.3) is 0 Å². The molecule has 0 fully saturated rings. The number of amides is 1. The van der Waals surface area contributed by atoms with E-state index in [-0.39, 0.29) is 17.2 Å². The highest BCUT2D eigenvalue weighted by Gasteiger charge is 2.28. The lowest BCUT2D eigenvalue weighted by atomic mass is 10.0. The number of sulfonamides is 1. The highest BCUT2D eigenvalue weighted by atomic mass is 32.2. The number of nitro benzene ring substituents is 1. The van der Waals surface area contributed by atoms with Gasteiger partial charge in [-0.15, -0.1) is 0 Å². The first-order valence-electron chi connectivity index (χ1n) is 10.6. The largest absolute Gasteiger partial charge is 0.484 e. The van der Waals surface area contributed by atoms with E-state index >= 15 is 0 Å². The maximum absolute atomic E-state index is 13.2. The van der Waals surface area contributed by atoms with Crippen LogP contribution in [-0.2, 0) is 21.2 Å². The lowest BCUT2D eigenvalue weighted by molar-refractivity contribution is -0.384. The van der Waals surface area contributed by atoms with Crippen molar-refractivity contribution in [1.29, 1.82) is 0 Å². The smallest absolute Gasteiger partial charge is 0.271 e. The summed E-state index contributed by atoms with van der Waals surface area (Å²) in [5.41, 5.74) is 2.57. The molecule has 3 aromatic carbocycles. The van der Waals surface area contributed by atoms with Crippen molar-refractivity contribution in [1.82, 2.24) is 0 Å². The number of hydrogen-bond donors (Lipinski definition) is 1. The zero-order chi connectivity index (χ0) is 24.3. The van der Waals surface area contributed by atoms with E-state index in [1.54, 1.807) is 13.0 Å². The van der Waals surface area contributed by atoms with Crippen LogP contribution < -0.4 is 14.4 Å². The van der Waals surface area contributed by atoms with E-state index in [2.05, 4.69) is 5.32 Å². The van der Waals surface area contributed by atoms with Crippen molar-refractivity contribution in [3.05, 3.63) is 88.0 Å². The fraction of sp³-hybridized carbons (Fsp3) is 0.208. The van der Waals surface area contributed by atoms with E-state index in [9.17, 15) is 23.3 Å². The SMILES string of the molecule is Cc1ccc([N+](=O)[O-])cc1NC(=O)COc1ccc(S(=O)(=O)N2CCCc3ccccc32)cc1. The van der Waals surface area contributed by atoms with Gasteiger partial charge in [-0.2, -0.15) is 0 Å². The Morgan fingerprint density at radius 1 is 1.12 bits per heavy atom. The van der Waals surface area contributed by atoms with Crippen molar-refractivity contribution in [3.8, 4) is 5.75 Å². The van der Waals surface area contributed by atoms with Crippen LogP contribution in [0.5, 0.6) is 5.75 Å². The number of para-hydroxylation sites is 1. The normalized spacial score (nSPS) is 13.1. The van der Waals surface area contributed by atoms with Gasteiger partial charge >= 0.3 is 0 Å². The average molecular weight is 482 g/mol. The molecule has 0 saturated heterocycles. The molecule has 34 heavy (non-hydrogen) atoms. The van der Waals surface area contributed by atoms with E-state index in [0.717, 1.165) is 18.4 Å². The summed E-state index contributed by atoms with van der Waals surface area (Å²) >= 11 is 0. The first-order valence-corrected chi connectivity index (χ1v) is 12.1. The van der Waals surface area contributed by atoms with Crippen LogP contribution in [0, 0.1) is 17.0 Å². The van der Waals surface area contributed by atoms with Gasteiger partial charge in [0.05, 0.1) is 21.2 Å². The Kier molecular flexibility index (Phi) is 6.51. The van der Waals surface area contributed by atoms with E-state index in [1.807, 2.05) is 24.3 Å². The van der Waals surface area contributed by atoms with Gasteiger partial charge < -0.3 is 10.1 Å². The fourth-order valence-corrected chi connectivity index (χ4v) is 5.32. The number of hydrogen-bond acceptors (Lipinski definition) is 6. The summed E-state index contributed by atoms with van der Waals surface area (Å²) in [5, 5.41) is 13.5. The molecule has 1 aliphatic rings. The monoisotopic (exact) mass is 481 g/mol. The van der Waals surface area contributed by atoms with Crippen molar-refractivity contribution in [3.63, 3.8) is 0 Å². The van der Waals surface area contributed by atoms with Gasteiger partial charge in [-0.05, 0) is 61.2 Å². The molecule has 1 heterocycles. The summed E-state index contributed by atoms with van der Waals surface area (Å²) in [6, 6.07) is 17.6. The molecule has 3 aromatic rings. The van der Waals surface area contributed by atoms with E-state index in [4.69, 9.17) is 4.74 Å². The number of aryl methyl sites for hydroxylation is 2. The van der Waals surface area contributed by atoms with Crippen LogP contribution in [0.15, 0.2) is 71.6 Å². The summed E-state index contributed by atoms with van der Waals surface area (Å²) in [6.07, 6.45) is 1.59. The van der Waals surface area contributed by atoms with Gasteiger partial charge in [-0.3, -0.25) is 19.2 Å². The molecule has 176 valence electrons. The van der Waals surface area contributed by atoms with Crippen LogP contribution >= 0.6 is 0 Å². The molecule has 4 rings (SSSR count). The molecule has 0 atom stereocenters. The number of carbonyl (C=O) groups is 1. The summed E-state index contributed by atoms with van der Waals surface area (Å²) in [5.74, 6) is -0.172. The second-order valence-corrected chi connectivity index (χ2v) is 9.74. The predicted molar refractivity (Wildman–Crippen MR) is 128 cm³/mol. The summed E-state index contributed by atoms with van der Waals surface area (Å²) in [7, 11) is -3.74. The number of fused-ring (bicyclic) bond motifs is 1. The van der Waals surface area contributed by atoms with Crippen molar-refractivity contribution < 1.29 is 22.9 Å². The summed E-state index contributed by atoms with van der Waals surface area (Å²) in [4.78, 5) is 22.8. The van der Waals surface area contributed by atoms with Gasteiger partial charge in [0.15, 0.2) is 6.61 Å². The molecule has 1 N–H and O–H groups in total. The Morgan fingerprint density at radius 3 is 2.59 bits per heavy atom. The number of nitro groups is 1. The third-order valence-electron chi connectivity index (χ3n) is 5.56. The molecule has 0 radical (unpaired) electrons.